The molecule has 0 spiro atoms. The molecule has 1 aromatic heterocycles. The van der Waals surface area contributed by atoms with Gasteiger partial charge in [0.2, 0.25) is 5.13 Å². The maximum Gasteiger partial charge on any atom is 0.430 e. The number of hydrogen-bond donors (Lipinski definition) is 1. The Labute approximate surface area is 129 Å². The maximum atomic E-state index is 12.4. The van der Waals surface area contributed by atoms with Gasteiger partial charge in [-0.15, -0.1) is 11.3 Å². The molecule has 0 unspecified atom stereocenters. The maximum absolute atomic E-state index is 12.4. The van der Waals surface area contributed by atoms with Crippen LogP contribution in [-0.4, -0.2) is 24.0 Å². The molecule has 22 heavy (non-hydrogen) atoms. The second-order valence-electron chi connectivity index (χ2n) is 4.46. The number of hydrogen-bond acceptors (Lipinski definition) is 5. The Morgan fingerprint density at radius 3 is 2.45 bits per heavy atom. The van der Waals surface area contributed by atoms with Crippen LogP contribution in [0, 0.1) is 6.92 Å². The molecule has 0 bridgehead atoms. The van der Waals surface area contributed by atoms with E-state index in [0.717, 1.165) is 23.1 Å². The molecule has 4 nitrogen and oxygen atoms in total. The second kappa shape index (κ2) is 6.35. The van der Waals surface area contributed by atoms with Crippen LogP contribution in [-0.2, 0) is 0 Å². The predicted molar refractivity (Wildman–Crippen MR) is 81.6 cm³/mol. The summed E-state index contributed by atoms with van der Waals surface area (Å²) in [6, 6.07) is 7.28. The zero-order valence-electron chi connectivity index (χ0n) is 12.2. The van der Waals surface area contributed by atoms with E-state index in [-0.39, 0.29) is 0 Å². The number of halogens is 3. The first-order valence-electron chi connectivity index (χ1n) is 6.30. The van der Waals surface area contributed by atoms with Crippen molar-refractivity contribution in [3.63, 3.8) is 0 Å². The number of methoxy groups -OCH3 is 1. The fraction of sp³-hybridized carbons (Fsp3) is 0.286. The van der Waals surface area contributed by atoms with Crippen molar-refractivity contribution in [2.45, 2.75) is 20.0 Å². The number of aryl methyl sites for hydroxylation is 1. The molecule has 1 aromatic carbocycles. The van der Waals surface area contributed by atoms with Gasteiger partial charge in [-0.3, -0.25) is 5.43 Å². The van der Waals surface area contributed by atoms with Crippen molar-refractivity contribution in [3.05, 3.63) is 29.1 Å². The molecule has 0 atom stereocenters. The summed E-state index contributed by atoms with van der Waals surface area (Å²) in [7, 11) is 1.58. The molecule has 0 saturated heterocycles. The molecule has 8 heteroatoms. The lowest BCUT2D eigenvalue weighted by atomic mass is 10.1. The Kier molecular flexibility index (Phi) is 4.70. The van der Waals surface area contributed by atoms with E-state index in [4.69, 9.17) is 4.74 Å². The summed E-state index contributed by atoms with van der Waals surface area (Å²) >= 11 is 1.24. The van der Waals surface area contributed by atoms with E-state index in [2.05, 4.69) is 15.5 Å². The van der Waals surface area contributed by atoms with E-state index in [1.165, 1.54) is 11.3 Å². The lowest BCUT2D eigenvalue weighted by Crippen LogP contribution is -2.20. The monoisotopic (exact) mass is 329 g/mol. The molecule has 0 radical (unpaired) electrons. The van der Waals surface area contributed by atoms with Gasteiger partial charge in [0.15, 0.2) is 0 Å². The molecular weight excluding hydrogens is 315 g/mol. The topological polar surface area (TPSA) is 46.5 Å². The average Bonchev–Trinajstić information content (AvgIpc) is 2.85. The van der Waals surface area contributed by atoms with Crippen molar-refractivity contribution in [2.75, 3.05) is 12.5 Å². The number of rotatable bonds is 4. The van der Waals surface area contributed by atoms with E-state index >= 15 is 0 Å². The van der Waals surface area contributed by atoms with Gasteiger partial charge in [-0.1, -0.05) is 0 Å². The van der Waals surface area contributed by atoms with Crippen LogP contribution >= 0.6 is 11.3 Å². The molecule has 0 aliphatic heterocycles. The minimum Gasteiger partial charge on any atom is -0.497 e. The highest BCUT2D eigenvalue weighted by Gasteiger charge is 2.32. The molecular formula is C14H14F3N3OS. The van der Waals surface area contributed by atoms with Gasteiger partial charge < -0.3 is 4.74 Å². The predicted octanol–water partition coefficient (Wildman–Crippen LogP) is 4.48. The third-order valence-electron chi connectivity index (χ3n) is 2.89. The smallest absolute Gasteiger partial charge is 0.430 e. The zero-order chi connectivity index (χ0) is 16.3. The molecule has 118 valence electrons. The van der Waals surface area contributed by atoms with Crippen molar-refractivity contribution in [1.82, 2.24) is 4.98 Å². The zero-order valence-corrected chi connectivity index (χ0v) is 13.0. The van der Waals surface area contributed by atoms with Crippen molar-refractivity contribution in [1.29, 1.82) is 0 Å². The van der Waals surface area contributed by atoms with Gasteiger partial charge in [-0.2, -0.15) is 18.3 Å². The lowest BCUT2D eigenvalue weighted by Gasteiger charge is -2.04. The van der Waals surface area contributed by atoms with E-state index < -0.39 is 11.9 Å². The quantitative estimate of drug-likeness (QED) is 0.664. The van der Waals surface area contributed by atoms with Gasteiger partial charge in [0.1, 0.15) is 11.5 Å². The largest absolute Gasteiger partial charge is 0.497 e. The van der Waals surface area contributed by atoms with Gasteiger partial charge in [0, 0.05) is 10.4 Å². The molecule has 0 saturated carbocycles. The fourth-order valence-corrected chi connectivity index (χ4v) is 2.43. The summed E-state index contributed by atoms with van der Waals surface area (Å²) in [4.78, 5) is 5.16. The van der Waals surface area contributed by atoms with Gasteiger partial charge in [-0.05, 0) is 38.1 Å². The van der Waals surface area contributed by atoms with Crippen molar-refractivity contribution >= 4 is 22.2 Å². The number of alkyl halides is 3. The van der Waals surface area contributed by atoms with E-state index in [1.807, 2.05) is 19.1 Å². The molecule has 0 aliphatic rings. The summed E-state index contributed by atoms with van der Waals surface area (Å²) in [6.45, 7) is 2.75. The first kappa shape index (κ1) is 16.3. The number of anilines is 1. The van der Waals surface area contributed by atoms with E-state index in [1.54, 1.807) is 19.2 Å². The molecule has 0 fully saturated rings. The molecule has 0 aliphatic carbocycles. The lowest BCUT2D eigenvalue weighted by molar-refractivity contribution is -0.0592. The number of benzene rings is 1. The highest BCUT2D eigenvalue weighted by molar-refractivity contribution is 7.15. The summed E-state index contributed by atoms with van der Waals surface area (Å²) < 4.78 is 42.2. The molecule has 1 N–H and O–H groups in total. The summed E-state index contributed by atoms with van der Waals surface area (Å²) in [5.41, 5.74) is 2.97. The molecule has 1 heterocycles. The highest BCUT2D eigenvalue weighted by Crippen LogP contribution is 2.31. The van der Waals surface area contributed by atoms with Crippen LogP contribution in [0.25, 0.3) is 11.3 Å². The first-order valence-corrected chi connectivity index (χ1v) is 7.12. The number of nitrogens with one attached hydrogen (secondary N) is 1. The van der Waals surface area contributed by atoms with Gasteiger partial charge in [-0.25, -0.2) is 4.98 Å². The second-order valence-corrected chi connectivity index (χ2v) is 5.66. The molecule has 2 rings (SSSR count). The molecule has 2 aromatic rings. The summed E-state index contributed by atoms with van der Waals surface area (Å²) in [6.07, 6.45) is -4.45. The highest BCUT2D eigenvalue weighted by atomic mass is 32.1. The number of ether oxygens (including phenoxy) is 1. The minimum atomic E-state index is -4.45. The number of aromatic nitrogens is 1. The Balaban J connectivity index is 2.21. The Hall–Kier alpha value is -2.09. The summed E-state index contributed by atoms with van der Waals surface area (Å²) in [5, 5.41) is 3.62. The number of hydrazone groups is 1. The van der Waals surface area contributed by atoms with Crippen LogP contribution in [0.4, 0.5) is 18.3 Å². The third kappa shape index (κ3) is 3.76. The van der Waals surface area contributed by atoms with Crippen LogP contribution < -0.4 is 10.2 Å². The van der Waals surface area contributed by atoms with Gasteiger partial charge >= 0.3 is 6.18 Å². The SMILES string of the molecule is COc1ccc(-c2nc(N/N=C(\C)C(F)(F)F)sc2C)cc1. The van der Waals surface area contributed by atoms with Crippen molar-refractivity contribution in [2.24, 2.45) is 5.10 Å². The minimum absolute atomic E-state index is 0.312. The summed E-state index contributed by atoms with van der Waals surface area (Å²) in [5.74, 6) is 0.723. The van der Waals surface area contributed by atoms with Crippen LogP contribution in [0.1, 0.15) is 11.8 Å². The standard InChI is InChI=1S/C14H14F3N3OS/c1-8-12(10-4-6-11(21-3)7-5-10)18-13(22-8)20-19-9(2)14(15,16)17/h4-7H,1-3H3,(H,18,20)/b19-9+. The van der Waals surface area contributed by atoms with Crippen LogP contribution in [0.15, 0.2) is 29.4 Å². The first-order chi connectivity index (χ1) is 10.3. The van der Waals surface area contributed by atoms with Gasteiger partial charge in [0.05, 0.1) is 12.8 Å². The Morgan fingerprint density at radius 1 is 1.27 bits per heavy atom. The average molecular weight is 329 g/mol. The number of thiazole rings is 1. The van der Waals surface area contributed by atoms with Crippen LogP contribution in [0.2, 0.25) is 0 Å². The molecule has 0 amide bonds. The van der Waals surface area contributed by atoms with Crippen molar-refractivity contribution < 1.29 is 17.9 Å². The Bertz CT molecular complexity index is 678. The third-order valence-corrected chi connectivity index (χ3v) is 3.77. The van der Waals surface area contributed by atoms with Crippen molar-refractivity contribution in [3.8, 4) is 17.0 Å². The van der Waals surface area contributed by atoms with Gasteiger partial charge in [0.25, 0.3) is 0 Å². The fourth-order valence-electron chi connectivity index (χ4n) is 1.66. The van der Waals surface area contributed by atoms with Crippen LogP contribution in [0.3, 0.4) is 0 Å². The number of nitrogens with zero attached hydrogens (tertiary/aromatic N) is 2. The Morgan fingerprint density at radius 2 is 1.91 bits per heavy atom. The normalized spacial score (nSPS) is 12.4. The van der Waals surface area contributed by atoms with Crippen LogP contribution in [0.5, 0.6) is 5.75 Å². The van der Waals surface area contributed by atoms with E-state index in [9.17, 15) is 13.2 Å². The van der Waals surface area contributed by atoms with E-state index in [0.29, 0.717) is 10.8 Å².